The molecule has 0 bridgehead atoms. The van der Waals surface area contributed by atoms with Gasteiger partial charge in [-0.1, -0.05) is 42.5 Å². The number of carbonyl (C=O) groups excluding carboxylic acids is 2. The third-order valence-electron chi connectivity index (χ3n) is 3.82. The van der Waals surface area contributed by atoms with Gasteiger partial charge in [0.1, 0.15) is 6.04 Å². The summed E-state index contributed by atoms with van der Waals surface area (Å²) in [6, 6.07) is 13.6. The Morgan fingerprint density at radius 2 is 1.77 bits per heavy atom. The number of nitrogens with one attached hydrogen (secondary N) is 1. The van der Waals surface area contributed by atoms with Gasteiger partial charge in [0.25, 0.3) is 11.6 Å². The zero-order valence-electron chi connectivity index (χ0n) is 14.1. The van der Waals surface area contributed by atoms with Crippen LogP contribution in [-0.4, -0.2) is 29.9 Å². The number of nitro benzene ring substituents is 1. The van der Waals surface area contributed by atoms with Crippen LogP contribution in [0.2, 0.25) is 0 Å². The Balaban J connectivity index is 2.10. The minimum absolute atomic E-state index is 0.0584. The molecule has 0 aliphatic heterocycles. The third-order valence-corrected chi connectivity index (χ3v) is 3.82. The Labute approximate surface area is 150 Å². The molecule has 8 heteroatoms. The van der Waals surface area contributed by atoms with Gasteiger partial charge in [-0.3, -0.25) is 19.7 Å². The average molecular weight is 357 g/mol. The van der Waals surface area contributed by atoms with Crippen molar-refractivity contribution in [3.05, 3.63) is 75.8 Å². The maximum absolute atomic E-state index is 12.5. The second-order valence-electron chi connectivity index (χ2n) is 5.62. The first-order valence-electron chi connectivity index (χ1n) is 7.83. The van der Waals surface area contributed by atoms with Crippen LogP contribution in [0.1, 0.15) is 17.2 Å². The van der Waals surface area contributed by atoms with Crippen LogP contribution in [0.25, 0.3) is 0 Å². The van der Waals surface area contributed by atoms with E-state index in [1.165, 1.54) is 31.4 Å². The molecule has 0 aromatic heterocycles. The van der Waals surface area contributed by atoms with Crippen LogP contribution in [0.4, 0.5) is 5.69 Å². The summed E-state index contributed by atoms with van der Waals surface area (Å²) >= 11 is 0. The summed E-state index contributed by atoms with van der Waals surface area (Å²) < 4.78 is 5.23. The predicted octanol–water partition coefficient (Wildman–Crippen LogP) is 1.50. The Hall–Kier alpha value is -3.26. The second-order valence-corrected chi connectivity index (χ2v) is 5.62. The van der Waals surface area contributed by atoms with Crippen molar-refractivity contribution in [1.82, 2.24) is 5.32 Å². The number of nitrogens with two attached hydrogens (primary N) is 1. The third kappa shape index (κ3) is 4.87. The smallest absolute Gasteiger partial charge is 0.269 e. The molecule has 0 heterocycles. The SMILES string of the molecule is CO[C@@H](C(=O)N[C@H](Cc1ccc([N+](=O)[O-])cc1)C(N)=O)c1ccccc1. The molecule has 2 aromatic carbocycles. The van der Waals surface area contributed by atoms with Crippen LogP contribution in [0.3, 0.4) is 0 Å². The fourth-order valence-electron chi connectivity index (χ4n) is 2.48. The molecule has 0 aliphatic rings. The zero-order valence-corrected chi connectivity index (χ0v) is 14.1. The first kappa shape index (κ1) is 19.1. The lowest BCUT2D eigenvalue weighted by Gasteiger charge is -2.20. The van der Waals surface area contributed by atoms with Gasteiger partial charge in [-0.05, 0) is 11.1 Å². The molecule has 0 saturated carbocycles. The summed E-state index contributed by atoms with van der Waals surface area (Å²) in [6.45, 7) is 0. The molecule has 3 N–H and O–H groups in total. The van der Waals surface area contributed by atoms with Gasteiger partial charge >= 0.3 is 0 Å². The molecule has 2 rings (SSSR count). The van der Waals surface area contributed by atoms with E-state index in [2.05, 4.69) is 5.32 Å². The molecule has 0 saturated heterocycles. The van der Waals surface area contributed by atoms with Gasteiger partial charge in [-0.2, -0.15) is 0 Å². The quantitative estimate of drug-likeness (QED) is 0.547. The molecule has 0 unspecified atom stereocenters. The van der Waals surface area contributed by atoms with E-state index >= 15 is 0 Å². The number of nitro groups is 1. The number of primary amides is 1. The van der Waals surface area contributed by atoms with Crippen molar-refractivity contribution < 1.29 is 19.2 Å². The van der Waals surface area contributed by atoms with Crippen molar-refractivity contribution in [2.75, 3.05) is 7.11 Å². The Morgan fingerprint density at radius 3 is 2.27 bits per heavy atom. The maximum Gasteiger partial charge on any atom is 0.269 e. The van der Waals surface area contributed by atoms with Gasteiger partial charge < -0.3 is 15.8 Å². The normalized spacial score (nSPS) is 12.8. The molecule has 2 amide bonds. The lowest BCUT2D eigenvalue weighted by atomic mass is 10.0. The van der Waals surface area contributed by atoms with E-state index in [-0.39, 0.29) is 12.1 Å². The highest BCUT2D eigenvalue weighted by molar-refractivity contribution is 5.89. The molecule has 26 heavy (non-hydrogen) atoms. The zero-order chi connectivity index (χ0) is 19.1. The number of amides is 2. The minimum Gasteiger partial charge on any atom is -0.368 e. The van der Waals surface area contributed by atoms with E-state index in [9.17, 15) is 19.7 Å². The van der Waals surface area contributed by atoms with Crippen LogP contribution in [-0.2, 0) is 20.7 Å². The van der Waals surface area contributed by atoms with E-state index in [1.807, 2.05) is 6.07 Å². The fraction of sp³-hybridized carbons (Fsp3) is 0.222. The van der Waals surface area contributed by atoms with Gasteiger partial charge in [0.2, 0.25) is 5.91 Å². The van der Waals surface area contributed by atoms with E-state index in [1.54, 1.807) is 24.3 Å². The number of nitrogens with zero attached hydrogens (tertiary/aromatic N) is 1. The number of non-ortho nitro benzene ring substituents is 1. The summed E-state index contributed by atoms with van der Waals surface area (Å²) in [5.41, 5.74) is 6.61. The number of hydrogen-bond acceptors (Lipinski definition) is 5. The lowest BCUT2D eigenvalue weighted by Crippen LogP contribution is -2.47. The topological polar surface area (TPSA) is 125 Å². The fourth-order valence-corrected chi connectivity index (χ4v) is 2.48. The monoisotopic (exact) mass is 357 g/mol. The first-order valence-corrected chi connectivity index (χ1v) is 7.83. The van der Waals surface area contributed by atoms with Gasteiger partial charge in [-0.15, -0.1) is 0 Å². The largest absolute Gasteiger partial charge is 0.368 e. The number of benzene rings is 2. The summed E-state index contributed by atoms with van der Waals surface area (Å²) in [6.07, 6.45) is -0.764. The number of carbonyl (C=O) groups is 2. The Morgan fingerprint density at radius 1 is 1.15 bits per heavy atom. The van der Waals surface area contributed by atoms with E-state index in [0.29, 0.717) is 11.1 Å². The average Bonchev–Trinajstić information content (AvgIpc) is 2.63. The molecule has 0 aliphatic carbocycles. The highest BCUT2D eigenvalue weighted by Crippen LogP contribution is 2.17. The van der Waals surface area contributed by atoms with Crippen LogP contribution >= 0.6 is 0 Å². The standard InChI is InChI=1S/C18H19N3O5/c1-26-16(13-5-3-2-4-6-13)18(23)20-15(17(19)22)11-12-7-9-14(10-8-12)21(24)25/h2-10,15-16H,11H2,1H3,(H2,19,22)(H,20,23)/t15-,16-/m1/s1. The van der Waals surface area contributed by atoms with Crippen LogP contribution in [0, 0.1) is 10.1 Å². The van der Waals surface area contributed by atoms with E-state index < -0.39 is 28.9 Å². The van der Waals surface area contributed by atoms with Gasteiger partial charge in [0.05, 0.1) is 4.92 Å². The van der Waals surface area contributed by atoms with Crippen molar-refractivity contribution in [3.8, 4) is 0 Å². The number of rotatable bonds is 8. The van der Waals surface area contributed by atoms with Gasteiger partial charge in [-0.25, -0.2) is 0 Å². The van der Waals surface area contributed by atoms with Gasteiger partial charge in [0, 0.05) is 25.7 Å². The first-order chi connectivity index (χ1) is 12.4. The summed E-state index contributed by atoms with van der Waals surface area (Å²) in [4.78, 5) is 34.4. The van der Waals surface area contributed by atoms with Gasteiger partial charge in [0.15, 0.2) is 6.10 Å². The molecular weight excluding hydrogens is 338 g/mol. The van der Waals surface area contributed by atoms with E-state index in [4.69, 9.17) is 10.5 Å². The molecule has 136 valence electrons. The Bertz CT molecular complexity index is 777. The van der Waals surface area contributed by atoms with Crippen molar-refractivity contribution >= 4 is 17.5 Å². The van der Waals surface area contributed by atoms with Crippen molar-refractivity contribution in [3.63, 3.8) is 0 Å². The van der Waals surface area contributed by atoms with Crippen molar-refractivity contribution in [2.45, 2.75) is 18.6 Å². The molecule has 2 aromatic rings. The van der Waals surface area contributed by atoms with Crippen molar-refractivity contribution in [1.29, 1.82) is 0 Å². The summed E-state index contributed by atoms with van der Waals surface area (Å²) in [7, 11) is 1.40. The highest BCUT2D eigenvalue weighted by atomic mass is 16.6. The Kier molecular flexibility index (Phi) is 6.40. The molecule has 0 fully saturated rings. The predicted molar refractivity (Wildman–Crippen MR) is 94.1 cm³/mol. The van der Waals surface area contributed by atoms with Crippen LogP contribution < -0.4 is 11.1 Å². The molecule has 8 nitrogen and oxygen atoms in total. The van der Waals surface area contributed by atoms with E-state index in [0.717, 1.165) is 0 Å². The molecule has 0 spiro atoms. The summed E-state index contributed by atoms with van der Waals surface area (Å²) in [5, 5.41) is 13.3. The highest BCUT2D eigenvalue weighted by Gasteiger charge is 2.25. The molecule has 0 radical (unpaired) electrons. The molecule has 2 atom stereocenters. The minimum atomic E-state index is -0.967. The summed E-state index contributed by atoms with van der Waals surface area (Å²) in [5.74, 6) is -1.20. The van der Waals surface area contributed by atoms with Crippen molar-refractivity contribution in [2.24, 2.45) is 5.73 Å². The lowest BCUT2D eigenvalue weighted by molar-refractivity contribution is -0.384. The maximum atomic E-state index is 12.5. The second kappa shape index (κ2) is 8.72. The van der Waals surface area contributed by atoms with Crippen LogP contribution in [0.5, 0.6) is 0 Å². The number of ether oxygens (including phenoxy) is 1. The number of methoxy groups -OCH3 is 1. The molecular formula is C18H19N3O5. The number of hydrogen-bond donors (Lipinski definition) is 2. The van der Waals surface area contributed by atoms with Crippen LogP contribution in [0.15, 0.2) is 54.6 Å².